The maximum absolute atomic E-state index is 12.3. The molecule has 3 N–H and O–H groups in total. The van der Waals surface area contributed by atoms with Crippen LogP contribution in [0, 0.1) is 5.92 Å². The third-order valence-corrected chi connectivity index (χ3v) is 4.74. The lowest BCUT2D eigenvalue weighted by Crippen LogP contribution is -2.41. The standard InChI is InChI=1S/C18H23N3O3/c1-21(11-12-5-4-8-16(12)22)18(24)19-10-13-9-17(23)20-15-7-3-2-6-14(13)15/h2-3,6-7,9,12,16,22H,4-5,8,10-11H2,1H3,(H,19,24)(H,20,23). The van der Waals surface area contributed by atoms with E-state index >= 15 is 0 Å². The van der Waals surface area contributed by atoms with E-state index in [1.54, 1.807) is 11.9 Å². The number of fused-ring (bicyclic) bond motifs is 1. The Bertz CT molecular complexity index is 786. The molecular weight excluding hydrogens is 306 g/mol. The number of para-hydroxylation sites is 1. The number of hydrogen-bond donors (Lipinski definition) is 3. The van der Waals surface area contributed by atoms with Gasteiger partial charge in [0, 0.05) is 43.0 Å². The Morgan fingerprint density at radius 2 is 2.17 bits per heavy atom. The van der Waals surface area contributed by atoms with Crippen LogP contribution in [0.15, 0.2) is 35.1 Å². The number of urea groups is 1. The van der Waals surface area contributed by atoms with Gasteiger partial charge in [-0.3, -0.25) is 4.79 Å². The Kier molecular flexibility index (Phi) is 4.85. The zero-order valence-corrected chi connectivity index (χ0v) is 13.8. The highest BCUT2D eigenvalue weighted by atomic mass is 16.3. The molecule has 1 aromatic heterocycles. The molecule has 2 unspecified atom stereocenters. The Morgan fingerprint density at radius 3 is 2.92 bits per heavy atom. The van der Waals surface area contributed by atoms with Crippen molar-refractivity contribution in [2.24, 2.45) is 5.92 Å². The Morgan fingerprint density at radius 1 is 1.38 bits per heavy atom. The quantitative estimate of drug-likeness (QED) is 0.800. The number of benzene rings is 1. The van der Waals surface area contributed by atoms with Gasteiger partial charge in [0.15, 0.2) is 0 Å². The SMILES string of the molecule is CN(CC1CCCC1O)C(=O)NCc1cc(=O)[nH]c2ccccc12. The predicted octanol–water partition coefficient (Wildman–Crippen LogP) is 1.83. The molecule has 0 aliphatic heterocycles. The largest absolute Gasteiger partial charge is 0.393 e. The summed E-state index contributed by atoms with van der Waals surface area (Å²) in [4.78, 5) is 28.4. The number of amides is 2. The van der Waals surface area contributed by atoms with E-state index in [1.165, 1.54) is 6.07 Å². The van der Waals surface area contributed by atoms with Crippen molar-refractivity contribution in [3.05, 3.63) is 46.2 Å². The number of carbonyl (C=O) groups excluding carboxylic acids is 1. The van der Waals surface area contributed by atoms with E-state index in [-0.39, 0.29) is 23.6 Å². The summed E-state index contributed by atoms with van der Waals surface area (Å²) in [5.74, 6) is 0.154. The van der Waals surface area contributed by atoms with Crippen LogP contribution in [0.5, 0.6) is 0 Å². The average molecular weight is 329 g/mol. The van der Waals surface area contributed by atoms with Crippen molar-refractivity contribution < 1.29 is 9.90 Å². The molecular formula is C18H23N3O3. The number of hydrogen-bond acceptors (Lipinski definition) is 3. The van der Waals surface area contributed by atoms with Crippen molar-refractivity contribution in [3.63, 3.8) is 0 Å². The summed E-state index contributed by atoms with van der Waals surface area (Å²) in [7, 11) is 1.73. The summed E-state index contributed by atoms with van der Waals surface area (Å²) in [6, 6.07) is 8.85. The first-order valence-corrected chi connectivity index (χ1v) is 8.32. The van der Waals surface area contributed by atoms with Crippen LogP contribution in [-0.4, -0.2) is 40.7 Å². The fourth-order valence-corrected chi connectivity index (χ4v) is 3.39. The average Bonchev–Trinajstić information content (AvgIpc) is 2.97. The lowest BCUT2D eigenvalue weighted by Gasteiger charge is -2.23. The molecule has 3 rings (SSSR count). The van der Waals surface area contributed by atoms with Crippen molar-refractivity contribution in [2.75, 3.05) is 13.6 Å². The highest BCUT2D eigenvalue weighted by molar-refractivity contribution is 5.82. The molecule has 2 atom stereocenters. The third kappa shape index (κ3) is 3.59. The van der Waals surface area contributed by atoms with Crippen LogP contribution in [0.2, 0.25) is 0 Å². The molecule has 0 saturated heterocycles. The van der Waals surface area contributed by atoms with Gasteiger partial charge in [-0.2, -0.15) is 0 Å². The second-order valence-corrected chi connectivity index (χ2v) is 6.50. The van der Waals surface area contributed by atoms with Crippen molar-refractivity contribution in [1.29, 1.82) is 0 Å². The lowest BCUT2D eigenvalue weighted by atomic mass is 10.1. The van der Waals surface area contributed by atoms with E-state index in [0.29, 0.717) is 13.1 Å². The summed E-state index contributed by atoms with van der Waals surface area (Å²) < 4.78 is 0. The van der Waals surface area contributed by atoms with Crippen LogP contribution >= 0.6 is 0 Å². The number of nitrogens with zero attached hydrogens (tertiary/aromatic N) is 1. The molecule has 1 aliphatic carbocycles. The Hall–Kier alpha value is -2.34. The van der Waals surface area contributed by atoms with Crippen molar-refractivity contribution in [2.45, 2.75) is 31.9 Å². The van der Waals surface area contributed by atoms with Crippen LogP contribution in [0.1, 0.15) is 24.8 Å². The second-order valence-electron chi connectivity index (χ2n) is 6.50. The summed E-state index contributed by atoms with van der Waals surface area (Å²) >= 11 is 0. The van der Waals surface area contributed by atoms with Gasteiger partial charge in [0.05, 0.1) is 6.10 Å². The molecule has 6 heteroatoms. The number of pyridine rings is 1. The number of H-pyrrole nitrogens is 1. The summed E-state index contributed by atoms with van der Waals surface area (Å²) in [6.45, 7) is 0.837. The van der Waals surface area contributed by atoms with Crippen LogP contribution in [0.3, 0.4) is 0 Å². The van der Waals surface area contributed by atoms with Gasteiger partial charge in [-0.05, 0) is 24.5 Å². The van der Waals surface area contributed by atoms with E-state index in [1.807, 2.05) is 24.3 Å². The minimum atomic E-state index is -0.308. The molecule has 0 radical (unpaired) electrons. The van der Waals surface area contributed by atoms with Gasteiger partial charge in [0.1, 0.15) is 0 Å². The molecule has 128 valence electrons. The molecule has 24 heavy (non-hydrogen) atoms. The van der Waals surface area contributed by atoms with Crippen LogP contribution in [0.4, 0.5) is 4.79 Å². The molecule has 1 saturated carbocycles. The fourth-order valence-electron chi connectivity index (χ4n) is 3.39. The van der Waals surface area contributed by atoms with Crippen LogP contribution in [0.25, 0.3) is 10.9 Å². The molecule has 1 aliphatic rings. The molecule has 6 nitrogen and oxygen atoms in total. The van der Waals surface area contributed by atoms with Gasteiger partial charge in [-0.15, -0.1) is 0 Å². The van der Waals surface area contributed by atoms with Gasteiger partial charge in [-0.1, -0.05) is 24.6 Å². The van der Waals surface area contributed by atoms with Crippen molar-refractivity contribution in [1.82, 2.24) is 15.2 Å². The van der Waals surface area contributed by atoms with Gasteiger partial charge < -0.3 is 20.3 Å². The molecule has 0 spiro atoms. The van der Waals surface area contributed by atoms with E-state index in [2.05, 4.69) is 10.3 Å². The first kappa shape index (κ1) is 16.5. The first-order chi connectivity index (χ1) is 11.5. The van der Waals surface area contributed by atoms with E-state index < -0.39 is 0 Å². The number of rotatable bonds is 4. The van der Waals surface area contributed by atoms with Gasteiger partial charge in [0.2, 0.25) is 5.56 Å². The maximum atomic E-state index is 12.3. The maximum Gasteiger partial charge on any atom is 0.317 e. The Labute approximate surface area is 140 Å². The van der Waals surface area contributed by atoms with Gasteiger partial charge >= 0.3 is 6.03 Å². The fraction of sp³-hybridized carbons (Fsp3) is 0.444. The molecule has 2 amide bonds. The minimum absolute atomic E-state index is 0.154. The van der Waals surface area contributed by atoms with Crippen molar-refractivity contribution in [3.8, 4) is 0 Å². The molecule has 0 bridgehead atoms. The zero-order chi connectivity index (χ0) is 17.1. The molecule has 1 aromatic carbocycles. The molecule has 2 aromatic rings. The minimum Gasteiger partial charge on any atom is -0.393 e. The summed E-state index contributed by atoms with van der Waals surface area (Å²) in [5.41, 5.74) is 1.37. The number of nitrogens with one attached hydrogen (secondary N) is 2. The number of carbonyl (C=O) groups is 1. The molecule has 1 heterocycles. The third-order valence-electron chi connectivity index (χ3n) is 4.74. The number of aromatic nitrogens is 1. The summed E-state index contributed by atoms with van der Waals surface area (Å²) in [5, 5.41) is 13.7. The topological polar surface area (TPSA) is 85.4 Å². The smallest absolute Gasteiger partial charge is 0.317 e. The first-order valence-electron chi connectivity index (χ1n) is 8.32. The second kappa shape index (κ2) is 7.05. The lowest BCUT2D eigenvalue weighted by molar-refractivity contribution is 0.114. The van der Waals surface area contributed by atoms with E-state index in [4.69, 9.17) is 0 Å². The highest BCUT2D eigenvalue weighted by Crippen LogP contribution is 2.26. The number of aliphatic hydroxyl groups excluding tert-OH is 1. The molecule has 1 fully saturated rings. The van der Waals surface area contributed by atoms with Crippen molar-refractivity contribution >= 4 is 16.9 Å². The zero-order valence-electron chi connectivity index (χ0n) is 13.8. The van der Waals surface area contributed by atoms with Gasteiger partial charge in [0.25, 0.3) is 0 Å². The summed E-state index contributed by atoms with van der Waals surface area (Å²) in [6.07, 6.45) is 2.48. The number of aromatic amines is 1. The highest BCUT2D eigenvalue weighted by Gasteiger charge is 2.27. The Balaban J connectivity index is 1.65. The van der Waals surface area contributed by atoms with E-state index in [9.17, 15) is 14.7 Å². The van der Waals surface area contributed by atoms with Crippen LogP contribution < -0.4 is 10.9 Å². The normalized spacial score (nSPS) is 20.2. The van der Waals surface area contributed by atoms with E-state index in [0.717, 1.165) is 35.7 Å². The predicted molar refractivity (Wildman–Crippen MR) is 92.8 cm³/mol. The van der Waals surface area contributed by atoms with Crippen LogP contribution in [-0.2, 0) is 6.54 Å². The van der Waals surface area contributed by atoms with Gasteiger partial charge in [-0.25, -0.2) is 4.79 Å². The monoisotopic (exact) mass is 329 g/mol. The number of aliphatic hydroxyl groups is 1.